The molecular formula is C13H14N2O3. The molecule has 18 heavy (non-hydrogen) atoms. The Hall–Kier alpha value is -1.14. The van der Waals surface area contributed by atoms with E-state index in [4.69, 9.17) is 14.2 Å². The Morgan fingerprint density at radius 2 is 1.39 bits per heavy atom. The van der Waals surface area contributed by atoms with Gasteiger partial charge in [0.2, 0.25) is 0 Å². The Kier molecular flexibility index (Phi) is 1.72. The molecule has 3 heterocycles. The Morgan fingerprint density at radius 3 is 1.78 bits per heavy atom. The van der Waals surface area contributed by atoms with Crippen LogP contribution in [-0.2, 0) is 14.2 Å². The van der Waals surface area contributed by atoms with Crippen LogP contribution in [0.4, 0.5) is 0 Å². The van der Waals surface area contributed by atoms with Crippen LogP contribution in [-0.4, -0.2) is 23.8 Å². The van der Waals surface area contributed by atoms with Crippen LogP contribution in [0.3, 0.4) is 0 Å². The van der Waals surface area contributed by atoms with E-state index in [9.17, 15) is 10.5 Å². The molecule has 3 saturated heterocycles. The van der Waals surface area contributed by atoms with Crippen LogP contribution in [0.25, 0.3) is 0 Å². The molecular weight excluding hydrogens is 232 g/mol. The molecule has 4 aliphatic rings. The average molecular weight is 246 g/mol. The van der Waals surface area contributed by atoms with E-state index in [1.165, 1.54) is 0 Å². The smallest absolute Gasteiger partial charge is 0.174 e. The number of nitriles is 2. The van der Waals surface area contributed by atoms with E-state index in [1.807, 2.05) is 13.8 Å². The van der Waals surface area contributed by atoms with Gasteiger partial charge in [0, 0.05) is 23.7 Å². The van der Waals surface area contributed by atoms with E-state index in [-0.39, 0.29) is 23.7 Å². The minimum absolute atomic E-state index is 0.176. The van der Waals surface area contributed by atoms with Crippen LogP contribution >= 0.6 is 0 Å². The first kappa shape index (κ1) is 10.8. The largest absolute Gasteiger partial charge is 0.331 e. The summed E-state index contributed by atoms with van der Waals surface area (Å²) in [6, 6.07) is 4.45. The van der Waals surface area contributed by atoms with Crippen LogP contribution in [0.15, 0.2) is 0 Å². The van der Waals surface area contributed by atoms with Gasteiger partial charge in [-0.1, -0.05) is 0 Å². The van der Waals surface area contributed by atoms with Gasteiger partial charge in [0.05, 0.1) is 12.1 Å². The standard InChI is InChI=1S/C13H14N2O3/c1-12-10-6(8(4-14)16-12)3-7-9(5-15)17-13(2,18-12)11(7)10/h6-11H,3H2,1-2H3/t6-,7+,8-,9+,10+,11-,12-,13+. The molecule has 3 aliphatic heterocycles. The number of hydrogen-bond acceptors (Lipinski definition) is 5. The van der Waals surface area contributed by atoms with Crippen molar-refractivity contribution in [2.24, 2.45) is 23.7 Å². The number of ether oxygens (including phenoxy) is 3. The van der Waals surface area contributed by atoms with E-state index in [0.717, 1.165) is 6.42 Å². The topological polar surface area (TPSA) is 75.3 Å². The monoisotopic (exact) mass is 246 g/mol. The zero-order valence-electron chi connectivity index (χ0n) is 10.3. The normalized spacial score (nSPS) is 63.6. The zero-order valence-corrected chi connectivity index (χ0v) is 10.3. The quantitative estimate of drug-likeness (QED) is 0.641. The van der Waals surface area contributed by atoms with E-state index < -0.39 is 23.8 Å². The van der Waals surface area contributed by atoms with Crippen molar-refractivity contribution in [3.63, 3.8) is 0 Å². The Balaban J connectivity index is 1.82. The summed E-state index contributed by atoms with van der Waals surface area (Å²) in [7, 11) is 0. The van der Waals surface area contributed by atoms with Gasteiger partial charge >= 0.3 is 0 Å². The van der Waals surface area contributed by atoms with Crippen molar-refractivity contribution in [2.45, 2.75) is 44.1 Å². The van der Waals surface area contributed by atoms with Crippen LogP contribution in [0.1, 0.15) is 20.3 Å². The van der Waals surface area contributed by atoms with Gasteiger partial charge in [-0.05, 0) is 20.3 Å². The summed E-state index contributed by atoms with van der Waals surface area (Å²) in [5, 5.41) is 18.4. The van der Waals surface area contributed by atoms with Crippen molar-refractivity contribution in [3.8, 4) is 12.1 Å². The van der Waals surface area contributed by atoms with E-state index in [1.54, 1.807) is 0 Å². The highest BCUT2D eigenvalue weighted by Crippen LogP contribution is 2.68. The van der Waals surface area contributed by atoms with Crippen LogP contribution in [0.5, 0.6) is 0 Å². The second-order valence-corrected chi connectivity index (χ2v) is 6.08. The third-order valence-corrected chi connectivity index (χ3v) is 5.22. The van der Waals surface area contributed by atoms with Crippen LogP contribution in [0.2, 0.25) is 0 Å². The van der Waals surface area contributed by atoms with Gasteiger partial charge in [-0.2, -0.15) is 10.5 Å². The lowest BCUT2D eigenvalue weighted by molar-refractivity contribution is -0.304. The molecule has 0 spiro atoms. The second-order valence-electron chi connectivity index (χ2n) is 6.08. The molecule has 4 fully saturated rings. The van der Waals surface area contributed by atoms with Crippen molar-refractivity contribution >= 4 is 0 Å². The fourth-order valence-electron chi connectivity index (χ4n) is 4.86. The van der Waals surface area contributed by atoms with Crippen molar-refractivity contribution in [3.05, 3.63) is 0 Å². The minimum Gasteiger partial charge on any atom is -0.331 e. The van der Waals surface area contributed by atoms with E-state index >= 15 is 0 Å². The molecule has 0 aromatic carbocycles. The Bertz CT molecular complexity index is 465. The molecule has 1 aliphatic carbocycles. The Labute approximate surface area is 105 Å². The number of hydrogen-bond donors (Lipinski definition) is 0. The summed E-state index contributed by atoms with van der Waals surface area (Å²) in [4.78, 5) is 0. The van der Waals surface area contributed by atoms with Gasteiger partial charge in [0.1, 0.15) is 0 Å². The van der Waals surface area contributed by atoms with Crippen molar-refractivity contribution in [1.82, 2.24) is 0 Å². The fourth-order valence-corrected chi connectivity index (χ4v) is 4.86. The van der Waals surface area contributed by atoms with Gasteiger partial charge in [0.25, 0.3) is 0 Å². The highest BCUT2D eigenvalue weighted by Gasteiger charge is 2.77. The minimum atomic E-state index is -0.723. The lowest BCUT2D eigenvalue weighted by Crippen LogP contribution is -2.36. The fraction of sp³-hybridized carbons (Fsp3) is 0.846. The van der Waals surface area contributed by atoms with Gasteiger partial charge < -0.3 is 14.2 Å². The summed E-state index contributed by atoms with van der Waals surface area (Å²) < 4.78 is 17.6. The molecule has 4 rings (SSSR count). The molecule has 5 heteroatoms. The second kappa shape index (κ2) is 2.88. The highest BCUT2D eigenvalue weighted by molar-refractivity contribution is 5.21. The first-order valence-corrected chi connectivity index (χ1v) is 6.37. The van der Waals surface area contributed by atoms with Crippen molar-refractivity contribution in [1.29, 1.82) is 10.5 Å². The molecule has 0 aromatic rings. The highest BCUT2D eigenvalue weighted by atomic mass is 16.8. The van der Waals surface area contributed by atoms with Crippen LogP contribution < -0.4 is 0 Å². The number of nitrogens with zero attached hydrogens (tertiary/aromatic N) is 2. The predicted octanol–water partition coefficient (Wildman–Crippen LogP) is 1.16. The number of rotatable bonds is 0. The third-order valence-electron chi connectivity index (χ3n) is 5.22. The average Bonchev–Trinajstić information content (AvgIpc) is 2.95. The lowest BCUT2D eigenvalue weighted by Gasteiger charge is -2.28. The van der Waals surface area contributed by atoms with Gasteiger partial charge in [-0.15, -0.1) is 0 Å². The molecule has 0 unspecified atom stereocenters. The molecule has 0 aromatic heterocycles. The van der Waals surface area contributed by atoms with Crippen LogP contribution in [0, 0.1) is 46.3 Å². The molecule has 0 radical (unpaired) electrons. The molecule has 0 bridgehead atoms. The van der Waals surface area contributed by atoms with Gasteiger partial charge in [-0.25, -0.2) is 0 Å². The summed E-state index contributed by atoms with van der Waals surface area (Å²) in [5.41, 5.74) is 0. The molecule has 0 amide bonds. The van der Waals surface area contributed by atoms with E-state index in [0.29, 0.717) is 0 Å². The zero-order chi connectivity index (χ0) is 12.7. The van der Waals surface area contributed by atoms with E-state index in [2.05, 4.69) is 12.1 Å². The first-order valence-electron chi connectivity index (χ1n) is 6.37. The third kappa shape index (κ3) is 0.948. The van der Waals surface area contributed by atoms with Crippen molar-refractivity contribution in [2.75, 3.05) is 0 Å². The molecule has 0 N–H and O–H groups in total. The summed E-state index contributed by atoms with van der Waals surface area (Å²) >= 11 is 0. The van der Waals surface area contributed by atoms with Gasteiger partial charge in [0.15, 0.2) is 23.8 Å². The summed E-state index contributed by atoms with van der Waals surface area (Å²) in [6.07, 6.45) is 0.0179. The molecule has 5 nitrogen and oxygen atoms in total. The molecule has 1 saturated carbocycles. The predicted molar refractivity (Wildman–Crippen MR) is 57.4 cm³/mol. The Morgan fingerprint density at radius 1 is 0.944 bits per heavy atom. The molecule has 94 valence electrons. The summed E-state index contributed by atoms with van der Waals surface area (Å²) in [6.45, 7) is 3.80. The van der Waals surface area contributed by atoms with Gasteiger partial charge in [-0.3, -0.25) is 0 Å². The summed E-state index contributed by atoms with van der Waals surface area (Å²) in [5.74, 6) is -0.738. The molecule has 8 atom stereocenters. The maximum atomic E-state index is 9.19. The maximum absolute atomic E-state index is 9.19. The first-order chi connectivity index (χ1) is 8.52. The SMILES string of the molecule is C[C@@]12O[C@@H](C#N)[C@@H]3C[C@H]4[C@@H]([C@@H]31)[C@](C)(O[C@@H]4C#N)O2. The maximum Gasteiger partial charge on any atom is 0.174 e. The van der Waals surface area contributed by atoms with Crippen molar-refractivity contribution < 1.29 is 14.2 Å². The lowest BCUT2D eigenvalue weighted by atomic mass is 9.81.